The SMILES string of the molecule is Nc1ccc(-c2ccc(C(=O)COC(=O)C3CCCC3)cc2)cc1. The molecule has 1 aliphatic carbocycles. The average Bonchev–Trinajstić information content (AvgIpc) is 3.15. The van der Waals surface area contributed by atoms with E-state index in [-0.39, 0.29) is 24.3 Å². The lowest BCUT2D eigenvalue weighted by Gasteiger charge is -2.09. The first-order valence-corrected chi connectivity index (χ1v) is 8.29. The van der Waals surface area contributed by atoms with Crippen LogP contribution in [-0.4, -0.2) is 18.4 Å². The van der Waals surface area contributed by atoms with Crippen LogP contribution < -0.4 is 5.73 Å². The molecule has 0 spiro atoms. The normalized spacial score (nSPS) is 14.5. The summed E-state index contributed by atoms with van der Waals surface area (Å²) in [5, 5.41) is 0. The Balaban J connectivity index is 1.59. The number of ketones is 1. The summed E-state index contributed by atoms with van der Waals surface area (Å²) in [6.07, 6.45) is 3.90. The molecule has 1 fully saturated rings. The third-order valence-corrected chi connectivity index (χ3v) is 4.48. The first-order chi connectivity index (χ1) is 11.6. The quantitative estimate of drug-likeness (QED) is 0.515. The van der Waals surface area contributed by atoms with E-state index in [0.29, 0.717) is 5.56 Å². The first-order valence-electron chi connectivity index (χ1n) is 8.29. The maximum atomic E-state index is 12.2. The van der Waals surface area contributed by atoms with Crippen molar-refractivity contribution >= 4 is 17.4 Å². The van der Waals surface area contributed by atoms with Crippen molar-refractivity contribution in [3.05, 3.63) is 54.1 Å². The van der Waals surface area contributed by atoms with E-state index in [0.717, 1.165) is 42.5 Å². The number of benzene rings is 2. The Labute approximate surface area is 141 Å². The Morgan fingerprint density at radius 1 is 0.917 bits per heavy atom. The number of esters is 1. The summed E-state index contributed by atoms with van der Waals surface area (Å²) in [5.74, 6) is -0.435. The lowest BCUT2D eigenvalue weighted by Crippen LogP contribution is -2.19. The Morgan fingerprint density at radius 2 is 1.46 bits per heavy atom. The fourth-order valence-corrected chi connectivity index (χ4v) is 3.02. The van der Waals surface area contributed by atoms with Crippen molar-refractivity contribution in [1.82, 2.24) is 0 Å². The number of anilines is 1. The fourth-order valence-electron chi connectivity index (χ4n) is 3.02. The predicted molar refractivity (Wildman–Crippen MR) is 93.5 cm³/mol. The van der Waals surface area contributed by atoms with Gasteiger partial charge >= 0.3 is 5.97 Å². The molecule has 3 rings (SSSR count). The second kappa shape index (κ2) is 7.30. The van der Waals surface area contributed by atoms with E-state index in [1.165, 1.54) is 0 Å². The van der Waals surface area contributed by atoms with E-state index in [1.54, 1.807) is 12.1 Å². The van der Waals surface area contributed by atoms with Crippen LogP contribution in [0.5, 0.6) is 0 Å². The standard InChI is InChI=1S/C20H21NO3/c21-18-11-9-15(10-12-18)14-5-7-16(8-6-14)19(22)13-24-20(23)17-3-1-2-4-17/h5-12,17H,1-4,13,21H2. The zero-order valence-corrected chi connectivity index (χ0v) is 13.5. The molecule has 0 amide bonds. The molecule has 2 aromatic rings. The van der Waals surface area contributed by atoms with Crippen LogP contribution >= 0.6 is 0 Å². The zero-order valence-electron chi connectivity index (χ0n) is 13.5. The van der Waals surface area contributed by atoms with E-state index in [2.05, 4.69) is 0 Å². The molecule has 4 heteroatoms. The molecule has 0 aliphatic heterocycles. The smallest absolute Gasteiger partial charge is 0.309 e. The maximum Gasteiger partial charge on any atom is 0.309 e. The molecule has 124 valence electrons. The van der Waals surface area contributed by atoms with Crippen LogP contribution in [0.15, 0.2) is 48.5 Å². The number of hydrogen-bond acceptors (Lipinski definition) is 4. The summed E-state index contributed by atoms with van der Waals surface area (Å²) in [6, 6.07) is 14.9. The molecule has 2 N–H and O–H groups in total. The molecule has 0 aromatic heterocycles. The van der Waals surface area contributed by atoms with Crippen LogP contribution in [0.3, 0.4) is 0 Å². The van der Waals surface area contributed by atoms with Gasteiger partial charge in [-0.05, 0) is 36.1 Å². The van der Waals surface area contributed by atoms with Crippen LogP contribution in [0.2, 0.25) is 0 Å². The van der Waals surface area contributed by atoms with E-state index >= 15 is 0 Å². The second-order valence-electron chi connectivity index (χ2n) is 6.21. The number of nitrogens with two attached hydrogens (primary N) is 1. The molecular formula is C20H21NO3. The minimum Gasteiger partial charge on any atom is -0.457 e. The topological polar surface area (TPSA) is 69.4 Å². The third-order valence-electron chi connectivity index (χ3n) is 4.48. The van der Waals surface area contributed by atoms with Gasteiger partial charge in [0.25, 0.3) is 0 Å². The van der Waals surface area contributed by atoms with Gasteiger partial charge in [0, 0.05) is 11.3 Å². The summed E-state index contributed by atoms with van der Waals surface area (Å²) < 4.78 is 5.17. The number of ether oxygens (including phenoxy) is 1. The summed E-state index contributed by atoms with van der Waals surface area (Å²) >= 11 is 0. The molecule has 1 saturated carbocycles. The summed E-state index contributed by atoms with van der Waals surface area (Å²) in [4.78, 5) is 24.0. The summed E-state index contributed by atoms with van der Waals surface area (Å²) in [7, 11) is 0. The van der Waals surface area contributed by atoms with Gasteiger partial charge in [0.1, 0.15) is 0 Å². The molecule has 0 radical (unpaired) electrons. The highest BCUT2D eigenvalue weighted by Gasteiger charge is 2.24. The van der Waals surface area contributed by atoms with Crippen LogP contribution in [0.1, 0.15) is 36.0 Å². The van der Waals surface area contributed by atoms with Crippen molar-refractivity contribution < 1.29 is 14.3 Å². The Kier molecular flexibility index (Phi) is 4.94. The second-order valence-corrected chi connectivity index (χ2v) is 6.21. The largest absolute Gasteiger partial charge is 0.457 e. The van der Waals surface area contributed by atoms with Crippen molar-refractivity contribution in [2.24, 2.45) is 5.92 Å². The molecule has 0 heterocycles. The highest BCUT2D eigenvalue weighted by molar-refractivity contribution is 5.98. The van der Waals surface area contributed by atoms with E-state index < -0.39 is 0 Å². The van der Waals surface area contributed by atoms with Gasteiger partial charge in [0.2, 0.25) is 0 Å². The van der Waals surface area contributed by atoms with Crippen molar-refractivity contribution in [2.75, 3.05) is 12.3 Å². The van der Waals surface area contributed by atoms with Gasteiger partial charge in [-0.15, -0.1) is 0 Å². The maximum absolute atomic E-state index is 12.2. The van der Waals surface area contributed by atoms with E-state index in [4.69, 9.17) is 10.5 Å². The highest BCUT2D eigenvalue weighted by Crippen LogP contribution is 2.26. The van der Waals surface area contributed by atoms with Crippen molar-refractivity contribution in [3.63, 3.8) is 0 Å². The first kappa shape index (κ1) is 16.2. The van der Waals surface area contributed by atoms with Gasteiger partial charge in [-0.2, -0.15) is 0 Å². The number of nitrogen functional groups attached to an aromatic ring is 1. The Morgan fingerprint density at radius 3 is 2.04 bits per heavy atom. The van der Waals surface area contributed by atoms with Crippen LogP contribution in [0.4, 0.5) is 5.69 Å². The molecule has 2 aromatic carbocycles. The number of rotatable bonds is 5. The van der Waals surface area contributed by atoms with Crippen LogP contribution in [-0.2, 0) is 9.53 Å². The molecule has 0 saturated heterocycles. The van der Waals surface area contributed by atoms with Crippen molar-refractivity contribution in [1.29, 1.82) is 0 Å². The predicted octanol–water partition coefficient (Wildman–Crippen LogP) is 3.85. The van der Waals surface area contributed by atoms with Crippen molar-refractivity contribution in [2.45, 2.75) is 25.7 Å². The molecule has 1 aliphatic rings. The van der Waals surface area contributed by atoms with Crippen molar-refractivity contribution in [3.8, 4) is 11.1 Å². The van der Waals surface area contributed by atoms with Gasteiger partial charge in [-0.3, -0.25) is 9.59 Å². The third kappa shape index (κ3) is 3.82. The van der Waals surface area contributed by atoms with Gasteiger partial charge in [0.05, 0.1) is 5.92 Å². The lowest BCUT2D eigenvalue weighted by atomic mass is 10.0. The minimum atomic E-state index is -0.237. The summed E-state index contributed by atoms with van der Waals surface area (Å²) in [6.45, 7) is -0.184. The van der Waals surface area contributed by atoms with Gasteiger partial charge in [-0.1, -0.05) is 49.2 Å². The molecule has 0 unspecified atom stereocenters. The molecule has 0 bridgehead atoms. The van der Waals surface area contributed by atoms with Gasteiger partial charge in [-0.25, -0.2) is 0 Å². The van der Waals surface area contributed by atoms with E-state index in [9.17, 15) is 9.59 Å². The van der Waals surface area contributed by atoms with E-state index in [1.807, 2.05) is 36.4 Å². The summed E-state index contributed by atoms with van der Waals surface area (Å²) in [5.41, 5.74) is 9.00. The minimum absolute atomic E-state index is 0.0225. The molecule has 4 nitrogen and oxygen atoms in total. The molecular weight excluding hydrogens is 302 g/mol. The number of Topliss-reactive ketones (excluding diaryl/α,β-unsaturated/α-hetero) is 1. The molecule has 24 heavy (non-hydrogen) atoms. The monoisotopic (exact) mass is 323 g/mol. The Bertz CT molecular complexity index is 714. The number of carbonyl (C=O) groups is 2. The zero-order chi connectivity index (χ0) is 16.9. The van der Waals surface area contributed by atoms with Crippen LogP contribution in [0, 0.1) is 5.92 Å². The molecule has 0 atom stereocenters. The van der Waals surface area contributed by atoms with Gasteiger partial charge < -0.3 is 10.5 Å². The highest BCUT2D eigenvalue weighted by atomic mass is 16.5. The number of carbonyl (C=O) groups excluding carboxylic acids is 2. The lowest BCUT2D eigenvalue weighted by molar-refractivity contribution is -0.147. The number of hydrogen-bond donors (Lipinski definition) is 1. The van der Waals surface area contributed by atoms with Gasteiger partial charge in [0.15, 0.2) is 12.4 Å². The Hall–Kier alpha value is -2.62. The fraction of sp³-hybridized carbons (Fsp3) is 0.300. The van der Waals surface area contributed by atoms with Crippen LogP contribution in [0.25, 0.3) is 11.1 Å². The average molecular weight is 323 g/mol.